The number of nitrogens with two attached hydrogens (primary N) is 1. The molecule has 88 valence electrons. The van der Waals surface area contributed by atoms with Gasteiger partial charge in [-0.15, -0.1) is 0 Å². The van der Waals surface area contributed by atoms with Crippen LogP contribution in [0.1, 0.15) is 24.5 Å². The van der Waals surface area contributed by atoms with Gasteiger partial charge in [-0.3, -0.25) is 0 Å². The Morgan fingerprint density at radius 1 is 1.38 bits per heavy atom. The van der Waals surface area contributed by atoms with E-state index in [-0.39, 0.29) is 5.41 Å². The van der Waals surface area contributed by atoms with Gasteiger partial charge >= 0.3 is 0 Å². The highest BCUT2D eigenvalue weighted by Crippen LogP contribution is 2.42. The highest BCUT2D eigenvalue weighted by Gasteiger charge is 2.45. The zero-order valence-corrected chi connectivity index (χ0v) is 10.2. The minimum absolute atomic E-state index is 0.213. The third kappa shape index (κ3) is 1.76. The van der Waals surface area contributed by atoms with Crippen LogP contribution in [0, 0.1) is 12.8 Å². The van der Waals surface area contributed by atoms with Crippen LogP contribution in [-0.4, -0.2) is 19.8 Å². The Morgan fingerprint density at radius 2 is 2.06 bits per heavy atom. The van der Waals surface area contributed by atoms with Crippen molar-refractivity contribution in [2.75, 3.05) is 19.8 Å². The molecule has 0 amide bonds. The summed E-state index contributed by atoms with van der Waals surface area (Å²) in [6, 6.07) is 8.65. The first-order valence-electron chi connectivity index (χ1n) is 6.04. The van der Waals surface area contributed by atoms with Gasteiger partial charge in [-0.1, -0.05) is 31.2 Å². The summed E-state index contributed by atoms with van der Waals surface area (Å²) >= 11 is 0. The lowest BCUT2D eigenvalue weighted by atomic mass is 9.67. The normalized spacial score (nSPS) is 20.2. The highest BCUT2D eigenvalue weighted by molar-refractivity contribution is 5.36. The number of rotatable bonds is 4. The maximum absolute atomic E-state index is 5.68. The molecule has 1 aromatic carbocycles. The lowest BCUT2D eigenvalue weighted by Gasteiger charge is -2.47. The highest BCUT2D eigenvalue weighted by atomic mass is 16.5. The van der Waals surface area contributed by atoms with E-state index < -0.39 is 0 Å². The minimum Gasteiger partial charge on any atom is -0.379 e. The Morgan fingerprint density at radius 3 is 2.56 bits per heavy atom. The fourth-order valence-corrected chi connectivity index (χ4v) is 2.69. The minimum atomic E-state index is 0.213. The van der Waals surface area contributed by atoms with E-state index in [4.69, 9.17) is 10.5 Å². The molecule has 1 saturated heterocycles. The summed E-state index contributed by atoms with van der Waals surface area (Å²) in [4.78, 5) is 0. The Bertz CT molecular complexity index is 358. The van der Waals surface area contributed by atoms with E-state index in [1.807, 2.05) is 0 Å². The molecule has 16 heavy (non-hydrogen) atoms. The fourth-order valence-electron chi connectivity index (χ4n) is 2.69. The number of aryl methyl sites for hydroxylation is 1. The first-order chi connectivity index (χ1) is 7.70. The summed E-state index contributed by atoms with van der Waals surface area (Å²) in [5.74, 6) is 0.590. The standard InChI is InChI=1S/C14H21NO/c1-11-5-3-4-6-13(11)14(9-16-10-14)12(2)7-8-15/h3-6,12H,7-10,15H2,1-2H3. The quantitative estimate of drug-likeness (QED) is 0.843. The molecule has 1 unspecified atom stereocenters. The van der Waals surface area contributed by atoms with E-state index >= 15 is 0 Å². The zero-order valence-electron chi connectivity index (χ0n) is 10.2. The third-order valence-corrected chi connectivity index (χ3v) is 3.94. The second-order valence-corrected chi connectivity index (χ2v) is 4.94. The Kier molecular flexibility index (Phi) is 3.31. The van der Waals surface area contributed by atoms with Crippen LogP contribution >= 0.6 is 0 Å². The van der Waals surface area contributed by atoms with E-state index in [0.717, 1.165) is 26.2 Å². The van der Waals surface area contributed by atoms with Gasteiger partial charge in [0.1, 0.15) is 0 Å². The fraction of sp³-hybridized carbons (Fsp3) is 0.571. The van der Waals surface area contributed by atoms with Crippen LogP contribution in [0.3, 0.4) is 0 Å². The largest absolute Gasteiger partial charge is 0.379 e. The Labute approximate surface area is 97.8 Å². The van der Waals surface area contributed by atoms with Crippen LogP contribution in [0.25, 0.3) is 0 Å². The third-order valence-electron chi connectivity index (χ3n) is 3.94. The van der Waals surface area contributed by atoms with Gasteiger partial charge in [-0.05, 0) is 36.9 Å². The van der Waals surface area contributed by atoms with Crippen LogP contribution in [0.2, 0.25) is 0 Å². The van der Waals surface area contributed by atoms with E-state index in [2.05, 4.69) is 38.1 Å². The van der Waals surface area contributed by atoms with Crippen molar-refractivity contribution in [2.24, 2.45) is 11.7 Å². The number of benzene rings is 1. The SMILES string of the molecule is Cc1ccccc1C1(C(C)CCN)COC1. The molecule has 1 aromatic rings. The van der Waals surface area contributed by atoms with Crippen molar-refractivity contribution in [3.05, 3.63) is 35.4 Å². The van der Waals surface area contributed by atoms with Crippen LogP contribution in [0.5, 0.6) is 0 Å². The lowest BCUT2D eigenvalue weighted by Crippen LogP contribution is -2.52. The van der Waals surface area contributed by atoms with E-state index in [0.29, 0.717) is 5.92 Å². The molecule has 0 radical (unpaired) electrons. The maximum atomic E-state index is 5.68. The monoisotopic (exact) mass is 219 g/mol. The maximum Gasteiger partial charge on any atom is 0.0588 e. The molecule has 0 spiro atoms. The van der Waals surface area contributed by atoms with Crippen molar-refractivity contribution in [2.45, 2.75) is 25.7 Å². The number of hydrogen-bond donors (Lipinski definition) is 1. The summed E-state index contributed by atoms with van der Waals surface area (Å²) in [6.45, 7) is 6.93. The smallest absolute Gasteiger partial charge is 0.0588 e. The van der Waals surface area contributed by atoms with Gasteiger partial charge in [-0.2, -0.15) is 0 Å². The second-order valence-electron chi connectivity index (χ2n) is 4.94. The first-order valence-corrected chi connectivity index (χ1v) is 6.04. The van der Waals surface area contributed by atoms with Crippen molar-refractivity contribution in [1.82, 2.24) is 0 Å². The summed E-state index contributed by atoms with van der Waals surface area (Å²) in [6.07, 6.45) is 1.07. The zero-order chi connectivity index (χ0) is 11.6. The average Bonchev–Trinajstić information content (AvgIpc) is 2.19. The molecule has 2 nitrogen and oxygen atoms in total. The molecule has 1 aliphatic rings. The molecule has 0 bridgehead atoms. The molecule has 2 N–H and O–H groups in total. The van der Waals surface area contributed by atoms with Crippen molar-refractivity contribution in [3.8, 4) is 0 Å². The molecule has 1 heterocycles. The van der Waals surface area contributed by atoms with Crippen LogP contribution in [0.15, 0.2) is 24.3 Å². The predicted octanol–water partition coefficient (Wildman–Crippen LogP) is 2.25. The van der Waals surface area contributed by atoms with Crippen molar-refractivity contribution in [1.29, 1.82) is 0 Å². The summed E-state index contributed by atoms with van der Waals surface area (Å²) in [5.41, 5.74) is 8.71. The number of hydrogen-bond acceptors (Lipinski definition) is 2. The Hall–Kier alpha value is -0.860. The molecule has 2 rings (SSSR count). The summed E-state index contributed by atoms with van der Waals surface area (Å²) in [7, 11) is 0. The van der Waals surface area contributed by atoms with Crippen molar-refractivity contribution < 1.29 is 4.74 Å². The van der Waals surface area contributed by atoms with E-state index in [9.17, 15) is 0 Å². The summed E-state index contributed by atoms with van der Waals surface area (Å²) < 4.78 is 5.47. The lowest BCUT2D eigenvalue weighted by molar-refractivity contribution is -0.0886. The van der Waals surface area contributed by atoms with E-state index in [1.54, 1.807) is 0 Å². The van der Waals surface area contributed by atoms with E-state index in [1.165, 1.54) is 11.1 Å². The second kappa shape index (κ2) is 4.56. The Balaban J connectivity index is 2.31. The van der Waals surface area contributed by atoms with Gasteiger partial charge in [0, 0.05) is 5.41 Å². The number of ether oxygens (including phenoxy) is 1. The van der Waals surface area contributed by atoms with Gasteiger partial charge in [0.2, 0.25) is 0 Å². The van der Waals surface area contributed by atoms with Crippen LogP contribution < -0.4 is 5.73 Å². The van der Waals surface area contributed by atoms with Gasteiger partial charge in [0.25, 0.3) is 0 Å². The van der Waals surface area contributed by atoms with Gasteiger partial charge in [-0.25, -0.2) is 0 Å². The van der Waals surface area contributed by atoms with Crippen molar-refractivity contribution >= 4 is 0 Å². The molecule has 0 aliphatic carbocycles. The van der Waals surface area contributed by atoms with Gasteiger partial charge in [0.15, 0.2) is 0 Å². The van der Waals surface area contributed by atoms with Crippen LogP contribution in [-0.2, 0) is 10.2 Å². The van der Waals surface area contributed by atoms with Crippen LogP contribution in [0.4, 0.5) is 0 Å². The van der Waals surface area contributed by atoms with Gasteiger partial charge < -0.3 is 10.5 Å². The van der Waals surface area contributed by atoms with Gasteiger partial charge in [0.05, 0.1) is 13.2 Å². The molecule has 1 fully saturated rings. The molecular weight excluding hydrogens is 198 g/mol. The first kappa shape index (κ1) is 11.6. The topological polar surface area (TPSA) is 35.2 Å². The average molecular weight is 219 g/mol. The molecule has 0 aromatic heterocycles. The molecule has 0 saturated carbocycles. The molecule has 1 atom stereocenters. The molecule has 1 aliphatic heterocycles. The molecular formula is C14H21NO. The summed E-state index contributed by atoms with van der Waals surface area (Å²) in [5, 5.41) is 0. The molecule has 2 heteroatoms. The van der Waals surface area contributed by atoms with Crippen molar-refractivity contribution in [3.63, 3.8) is 0 Å². The predicted molar refractivity (Wildman–Crippen MR) is 66.5 cm³/mol.